The van der Waals surface area contributed by atoms with Crippen molar-refractivity contribution in [1.82, 2.24) is 5.32 Å². The van der Waals surface area contributed by atoms with Gasteiger partial charge in [-0.3, -0.25) is 4.79 Å². The molecular weight excluding hydrogens is 278 g/mol. The van der Waals surface area contributed by atoms with E-state index in [0.717, 1.165) is 11.8 Å². The van der Waals surface area contributed by atoms with E-state index in [4.69, 9.17) is 9.15 Å². The van der Waals surface area contributed by atoms with Gasteiger partial charge in [0.2, 0.25) is 5.76 Å². The van der Waals surface area contributed by atoms with Gasteiger partial charge in [-0.1, -0.05) is 42.5 Å². The van der Waals surface area contributed by atoms with E-state index in [9.17, 15) is 4.79 Å². The normalized spacial score (nSPS) is 10.6. The molecule has 0 aliphatic carbocycles. The molecule has 2 aromatic carbocycles. The van der Waals surface area contributed by atoms with Gasteiger partial charge in [0.1, 0.15) is 5.58 Å². The predicted molar refractivity (Wildman–Crippen MR) is 85.2 cm³/mol. The fourth-order valence-electron chi connectivity index (χ4n) is 2.42. The molecule has 4 nitrogen and oxygen atoms in total. The molecule has 0 unspecified atom stereocenters. The molecule has 112 valence electrons. The van der Waals surface area contributed by atoms with Crippen LogP contribution in [-0.4, -0.2) is 19.6 Å². The number of carbonyl (C=O) groups is 1. The number of amides is 1. The van der Waals surface area contributed by atoms with E-state index < -0.39 is 0 Å². The van der Waals surface area contributed by atoms with Gasteiger partial charge < -0.3 is 14.5 Å². The SMILES string of the molecule is COc1c(C(=O)NCCc2ccccc2)oc2ccccc12. The molecule has 0 saturated carbocycles. The van der Waals surface area contributed by atoms with Crippen molar-refractivity contribution in [3.63, 3.8) is 0 Å². The smallest absolute Gasteiger partial charge is 0.290 e. The molecule has 0 atom stereocenters. The van der Waals surface area contributed by atoms with Crippen LogP contribution in [0.2, 0.25) is 0 Å². The molecular formula is C18H17NO3. The molecule has 1 amide bonds. The van der Waals surface area contributed by atoms with E-state index in [1.165, 1.54) is 12.7 Å². The van der Waals surface area contributed by atoms with Gasteiger partial charge in [-0.05, 0) is 24.1 Å². The highest BCUT2D eigenvalue weighted by atomic mass is 16.5. The fourth-order valence-corrected chi connectivity index (χ4v) is 2.42. The number of para-hydroxylation sites is 1. The zero-order valence-electron chi connectivity index (χ0n) is 12.3. The third-order valence-corrected chi connectivity index (χ3v) is 3.50. The first-order chi connectivity index (χ1) is 10.8. The largest absolute Gasteiger partial charge is 0.492 e. The first-order valence-corrected chi connectivity index (χ1v) is 7.17. The second-order valence-electron chi connectivity index (χ2n) is 4.95. The Hall–Kier alpha value is -2.75. The number of methoxy groups -OCH3 is 1. The van der Waals surface area contributed by atoms with Crippen molar-refractivity contribution in [2.24, 2.45) is 0 Å². The summed E-state index contributed by atoms with van der Waals surface area (Å²) in [5.41, 5.74) is 1.83. The summed E-state index contributed by atoms with van der Waals surface area (Å²) in [5, 5.41) is 3.67. The summed E-state index contributed by atoms with van der Waals surface area (Å²) in [6.45, 7) is 0.545. The van der Waals surface area contributed by atoms with Crippen molar-refractivity contribution in [3.8, 4) is 5.75 Å². The maximum Gasteiger partial charge on any atom is 0.290 e. The molecule has 1 heterocycles. The summed E-state index contributed by atoms with van der Waals surface area (Å²) >= 11 is 0. The van der Waals surface area contributed by atoms with Crippen LogP contribution in [0.15, 0.2) is 59.0 Å². The van der Waals surface area contributed by atoms with Gasteiger partial charge in [-0.25, -0.2) is 0 Å². The number of hydrogen-bond donors (Lipinski definition) is 1. The third kappa shape index (κ3) is 2.81. The van der Waals surface area contributed by atoms with E-state index in [0.29, 0.717) is 17.9 Å². The molecule has 22 heavy (non-hydrogen) atoms. The highest BCUT2D eigenvalue weighted by Gasteiger charge is 2.20. The Kier molecular flexibility index (Phi) is 4.10. The van der Waals surface area contributed by atoms with Crippen molar-refractivity contribution in [2.45, 2.75) is 6.42 Å². The topological polar surface area (TPSA) is 51.5 Å². The number of furan rings is 1. The lowest BCUT2D eigenvalue weighted by atomic mass is 10.1. The van der Waals surface area contributed by atoms with Crippen LogP contribution in [0, 0.1) is 0 Å². The highest BCUT2D eigenvalue weighted by Crippen LogP contribution is 2.32. The second-order valence-corrected chi connectivity index (χ2v) is 4.95. The standard InChI is InChI=1S/C18H17NO3/c1-21-16-14-9-5-6-10-15(14)22-17(16)18(20)19-12-11-13-7-3-2-4-8-13/h2-10H,11-12H2,1H3,(H,19,20). The molecule has 1 N–H and O–H groups in total. The van der Waals surface area contributed by atoms with Crippen LogP contribution in [0.3, 0.4) is 0 Å². The van der Waals surface area contributed by atoms with Gasteiger partial charge in [0.15, 0.2) is 5.75 Å². The third-order valence-electron chi connectivity index (χ3n) is 3.50. The Morgan fingerprint density at radius 1 is 1.09 bits per heavy atom. The number of hydrogen-bond acceptors (Lipinski definition) is 3. The summed E-state index contributed by atoms with van der Waals surface area (Å²) in [5.74, 6) is 0.438. The minimum absolute atomic E-state index is 0.219. The summed E-state index contributed by atoms with van der Waals surface area (Å²) in [4.78, 5) is 12.3. The molecule has 0 bridgehead atoms. The molecule has 0 aliphatic rings. The molecule has 3 rings (SSSR count). The molecule has 0 aliphatic heterocycles. The zero-order valence-corrected chi connectivity index (χ0v) is 12.3. The molecule has 0 radical (unpaired) electrons. The summed E-state index contributed by atoms with van der Waals surface area (Å²) < 4.78 is 10.9. The molecule has 0 spiro atoms. The van der Waals surface area contributed by atoms with Gasteiger partial charge in [0.25, 0.3) is 5.91 Å². The van der Waals surface area contributed by atoms with Gasteiger partial charge >= 0.3 is 0 Å². The van der Waals surface area contributed by atoms with Crippen LogP contribution < -0.4 is 10.1 Å². The predicted octanol–water partition coefficient (Wildman–Crippen LogP) is 3.41. The Labute approximate surface area is 128 Å². The van der Waals surface area contributed by atoms with Crippen LogP contribution in [0.5, 0.6) is 5.75 Å². The molecule has 0 saturated heterocycles. The van der Waals surface area contributed by atoms with E-state index in [1.807, 2.05) is 54.6 Å². The average Bonchev–Trinajstić information content (AvgIpc) is 2.94. The minimum atomic E-state index is -0.260. The second kappa shape index (κ2) is 6.35. The molecule has 3 aromatic rings. The van der Waals surface area contributed by atoms with Gasteiger partial charge in [0.05, 0.1) is 12.5 Å². The number of rotatable bonds is 5. The van der Waals surface area contributed by atoms with Crippen LogP contribution in [-0.2, 0) is 6.42 Å². The molecule has 0 fully saturated rings. The number of nitrogens with one attached hydrogen (secondary N) is 1. The Morgan fingerprint density at radius 2 is 1.82 bits per heavy atom. The highest BCUT2D eigenvalue weighted by molar-refractivity contribution is 6.01. The van der Waals surface area contributed by atoms with E-state index in [2.05, 4.69) is 5.32 Å². The first kappa shape index (κ1) is 14.2. The van der Waals surface area contributed by atoms with E-state index in [-0.39, 0.29) is 11.7 Å². The molecule has 1 aromatic heterocycles. The first-order valence-electron chi connectivity index (χ1n) is 7.17. The van der Waals surface area contributed by atoms with Crippen LogP contribution in [0.1, 0.15) is 16.1 Å². The van der Waals surface area contributed by atoms with Crippen molar-refractivity contribution in [1.29, 1.82) is 0 Å². The Bertz CT molecular complexity index is 777. The monoisotopic (exact) mass is 295 g/mol. The average molecular weight is 295 g/mol. The van der Waals surface area contributed by atoms with Crippen molar-refractivity contribution in [2.75, 3.05) is 13.7 Å². The van der Waals surface area contributed by atoms with Crippen molar-refractivity contribution in [3.05, 3.63) is 65.9 Å². The van der Waals surface area contributed by atoms with E-state index >= 15 is 0 Å². The van der Waals surface area contributed by atoms with Gasteiger partial charge in [0, 0.05) is 6.54 Å². The van der Waals surface area contributed by atoms with Crippen LogP contribution >= 0.6 is 0 Å². The maximum absolute atomic E-state index is 12.3. The van der Waals surface area contributed by atoms with E-state index in [1.54, 1.807) is 0 Å². The minimum Gasteiger partial charge on any atom is -0.492 e. The summed E-state index contributed by atoms with van der Waals surface area (Å²) in [6.07, 6.45) is 0.773. The zero-order chi connectivity index (χ0) is 15.4. The molecule has 4 heteroatoms. The number of benzene rings is 2. The van der Waals surface area contributed by atoms with Gasteiger partial charge in [-0.2, -0.15) is 0 Å². The summed E-state index contributed by atoms with van der Waals surface area (Å²) in [7, 11) is 1.54. The lowest BCUT2D eigenvalue weighted by molar-refractivity contribution is 0.0924. The lowest BCUT2D eigenvalue weighted by Crippen LogP contribution is -2.25. The fraction of sp³-hybridized carbons (Fsp3) is 0.167. The number of fused-ring (bicyclic) bond motifs is 1. The number of carbonyl (C=O) groups excluding carboxylic acids is 1. The number of ether oxygens (including phenoxy) is 1. The summed E-state index contributed by atoms with van der Waals surface area (Å²) in [6, 6.07) is 17.5. The van der Waals surface area contributed by atoms with Crippen LogP contribution in [0.25, 0.3) is 11.0 Å². The van der Waals surface area contributed by atoms with Gasteiger partial charge in [-0.15, -0.1) is 0 Å². The Morgan fingerprint density at radius 3 is 2.59 bits per heavy atom. The lowest BCUT2D eigenvalue weighted by Gasteiger charge is -2.05. The quantitative estimate of drug-likeness (QED) is 0.784. The Balaban J connectivity index is 1.72. The maximum atomic E-state index is 12.3. The van der Waals surface area contributed by atoms with Crippen molar-refractivity contribution >= 4 is 16.9 Å². The van der Waals surface area contributed by atoms with Crippen LogP contribution in [0.4, 0.5) is 0 Å². The van der Waals surface area contributed by atoms with Crippen molar-refractivity contribution < 1.29 is 13.9 Å².